The van der Waals surface area contributed by atoms with Crippen molar-refractivity contribution in [1.29, 1.82) is 0 Å². The van der Waals surface area contributed by atoms with Crippen molar-refractivity contribution in [3.05, 3.63) is 59.7 Å². The third kappa shape index (κ3) is 2.96. The van der Waals surface area contributed by atoms with Gasteiger partial charge in [0.1, 0.15) is 5.75 Å². The molecule has 0 aromatic heterocycles. The molecule has 0 saturated carbocycles. The summed E-state index contributed by atoms with van der Waals surface area (Å²) in [7, 11) is 0. The number of nitrogens with two attached hydrogens (primary N) is 1. The van der Waals surface area contributed by atoms with Gasteiger partial charge in [0.15, 0.2) is 17.4 Å². The highest BCUT2D eigenvalue weighted by molar-refractivity contribution is 5.38. The minimum absolute atomic E-state index is 0.0320. The molecule has 0 bridgehead atoms. The van der Waals surface area contributed by atoms with Gasteiger partial charge >= 0.3 is 0 Å². The van der Waals surface area contributed by atoms with Crippen LogP contribution >= 0.6 is 0 Å². The lowest BCUT2D eigenvalue weighted by Crippen LogP contribution is -2.23. The molecule has 3 rings (SSSR count). The van der Waals surface area contributed by atoms with Gasteiger partial charge in [-0.1, -0.05) is 24.3 Å². The zero-order chi connectivity index (χ0) is 15.5. The van der Waals surface area contributed by atoms with Crippen LogP contribution in [-0.4, -0.2) is 13.2 Å². The molecule has 1 fully saturated rings. The van der Waals surface area contributed by atoms with Crippen LogP contribution in [0, 0.1) is 17.6 Å². The van der Waals surface area contributed by atoms with Gasteiger partial charge < -0.3 is 15.2 Å². The summed E-state index contributed by atoms with van der Waals surface area (Å²) in [5.74, 6) is -1.51. The maximum atomic E-state index is 14.6. The Kier molecular flexibility index (Phi) is 4.36. The summed E-state index contributed by atoms with van der Waals surface area (Å²) in [6.07, 6.45) is 0.771. The summed E-state index contributed by atoms with van der Waals surface area (Å²) >= 11 is 0. The summed E-state index contributed by atoms with van der Waals surface area (Å²) in [6, 6.07) is 10.6. The molecule has 1 heterocycles. The lowest BCUT2D eigenvalue weighted by molar-refractivity contribution is 0.180. The average molecular weight is 305 g/mol. The second kappa shape index (κ2) is 6.42. The maximum Gasteiger partial charge on any atom is 0.198 e. The fourth-order valence-electron chi connectivity index (χ4n) is 2.60. The van der Waals surface area contributed by atoms with Gasteiger partial charge in [0.05, 0.1) is 6.61 Å². The molecule has 2 aromatic carbocycles. The highest BCUT2D eigenvalue weighted by Crippen LogP contribution is 2.35. The van der Waals surface area contributed by atoms with E-state index in [1.54, 1.807) is 30.3 Å². The van der Waals surface area contributed by atoms with Crippen LogP contribution in [0.1, 0.15) is 18.0 Å². The molecule has 2 aromatic rings. The molecule has 0 spiro atoms. The number of halogens is 2. The Morgan fingerprint density at radius 2 is 1.91 bits per heavy atom. The third-order valence-corrected chi connectivity index (χ3v) is 3.87. The van der Waals surface area contributed by atoms with Gasteiger partial charge in [0.2, 0.25) is 0 Å². The van der Waals surface area contributed by atoms with E-state index in [-0.39, 0.29) is 11.5 Å². The van der Waals surface area contributed by atoms with Crippen LogP contribution in [-0.2, 0) is 4.74 Å². The molecule has 2 unspecified atom stereocenters. The fraction of sp³-hybridized carbons (Fsp3) is 0.294. The predicted molar refractivity (Wildman–Crippen MR) is 78.7 cm³/mol. The molecule has 2 atom stereocenters. The van der Waals surface area contributed by atoms with Crippen molar-refractivity contribution in [3.8, 4) is 11.5 Å². The van der Waals surface area contributed by atoms with Crippen molar-refractivity contribution in [2.45, 2.75) is 12.5 Å². The Hall–Kier alpha value is -1.98. The van der Waals surface area contributed by atoms with Crippen LogP contribution in [0.2, 0.25) is 0 Å². The first-order valence-corrected chi connectivity index (χ1v) is 7.21. The number of ether oxygens (including phenoxy) is 2. The van der Waals surface area contributed by atoms with E-state index in [1.165, 1.54) is 12.1 Å². The summed E-state index contributed by atoms with van der Waals surface area (Å²) < 4.78 is 39.2. The number of hydrogen-bond donors (Lipinski definition) is 1. The molecule has 5 heteroatoms. The van der Waals surface area contributed by atoms with E-state index in [0.717, 1.165) is 6.42 Å². The van der Waals surface area contributed by atoms with E-state index in [9.17, 15) is 8.78 Å². The Morgan fingerprint density at radius 3 is 2.59 bits per heavy atom. The fourth-order valence-corrected chi connectivity index (χ4v) is 2.60. The molecule has 1 aliphatic rings. The number of rotatable bonds is 4. The minimum Gasteiger partial charge on any atom is -0.451 e. The molecular weight excluding hydrogens is 288 g/mol. The minimum atomic E-state index is -0.750. The highest BCUT2D eigenvalue weighted by Gasteiger charge is 2.28. The van der Waals surface area contributed by atoms with Crippen LogP contribution in [0.4, 0.5) is 8.78 Å². The first-order valence-electron chi connectivity index (χ1n) is 7.21. The van der Waals surface area contributed by atoms with Crippen molar-refractivity contribution in [3.63, 3.8) is 0 Å². The second-order valence-corrected chi connectivity index (χ2v) is 5.34. The highest BCUT2D eigenvalue weighted by atomic mass is 19.1. The van der Waals surface area contributed by atoms with E-state index in [2.05, 4.69) is 0 Å². The lowest BCUT2D eigenvalue weighted by Gasteiger charge is -2.20. The van der Waals surface area contributed by atoms with Gasteiger partial charge in [-0.3, -0.25) is 0 Å². The molecule has 1 aliphatic heterocycles. The number of benzene rings is 2. The first kappa shape index (κ1) is 14.9. The normalized spacial score (nSPS) is 19.1. The number of hydrogen-bond acceptors (Lipinski definition) is 3. The van der Waals surface area contributed by atoms with E-state index in [0.29, 0.717) is 19.0 Å². The maximum absolute atomic E-state index is 14.6. The van der Waals surface area contributed by atoms with Gasteiger partial charge in [-0.05, 0) is 24.6 Å². The largest absolute Gasteiger partial charge is 0.451 e. The smallest absolute Gasteiger partial charge is 0.198 e. The molecule has 1 saturated heterocycles. The Morgan fingerprint density at radius 1 is 1.14 bits per heavy atom. The summed E-state index contributed by atoms with van der Waals surface area (Å²) in [5, 5.41) is 0. The third-order valence-electron chi connectivity index (χ3n) is 3.87. The summed E-state index contributed by atoms with van der Waals surface area (Å²) in [4.78, 5) is 0. The average Bonchev–Trinajstić information content (AvgIpc) is 3.06. The van der Waals surface area contributed by atoms with E-state index < -0.39 is 23.4 Å². The SMILES string of the molecule is NC(c1ccc(F)c(Oc2ccccc2)c1F)C1CCOC1. The molecule has 116 valence electrons. The van der Waals surface area contributed by atoms with Crippen LogP contribution in [0.25, 0.3) is 0 Å². The Bertz CT molecular complexity index is 643. The zero-order valence-electron chi connectivity index (χ0n) is 12.0. The molecule has 0 amide bonds. The second-order valence-electron chi connectivity index (χ2n) is 5.34. The zero-order valence-corrected chi connectivity index (χ0v) is 12.0. The topological polar surface area (TPSA) is 44.5 Å². The lowest BCUT2D eigenvalue weighted by atomic mass is 9.92. The van der Waals surface area contributed by atoms with Gasteiger partial charge in [0.25, 0.3) is 0 Å². The quantitative estimate of drug-likeness (QED) is 0.934. The van der Waals surface area contributed by atoms with Gasteiger partial charge in [-0.15, -0.1) is 0 Å². The molecule has 0 radical (unpaired) electrons. The van der Waals surface area contributed by atoms with Crippen molar-refractivity contribution >= 4 is 0 Å². The van der Waals surface area contributed by atoms with Crippen molar-refractivity contribution in [2.75, 3.05) is 13.2 Å². The molecular formula is C17H17F2NO2. The van der Waals surface area contributed by atoms with Crippen molar-refractivity contribution in [2.24, 2.45) is 11.7 Å². The monoisotopic (exact) mass is 305 g/mol. The van der Waals surface area contributed by atoms with E-state index in [4.69, 9.17) is 15.2 Å². The van der Waals surface area contributed by atoms with Crippen LogP contribution < -0.4 is 10.5 Å². The molecule has 2 N–H and O–H groups in total. The van der Waals surface area contributed by atoms with Crippen molar-refractivity contribution < 1.29 is 18.3 Å². The Labute approximate surface area is 127 Å². The van der Waals surface area contributed by atoms with E-state index in [1.807, 2.05) is 0 Å². The van der Waals surface area contributed by atoms with Crippen LogP contribution in [0.5, 0.6) is 11.5 Å². The van der Waals surface area contributed by atoms with Crippen LogP contribution in [0.3, 0.4) is 0 Å². The van der Waals surface area contributed by atoms with Crippen LogP contribution in [0.15, 0.2) is 42.5 Å². The van der Waals surface area contributed by atoms with Gasteiger partial charge in [-0.25, -0.2) is 8.78 Å². The predicted octanol–water partition coefficient (Wildman–Crippen LogP) is 3.79. The Balaban J connectivity index is 1.91. The molecule has 3 nitrogen and oxygen atoms in total. The summed E-state index contributed by atoms with van der Waals surface area (Å²) in [6.45, 7) is 1.11. The number of para-hydroxylation sites is 1. The summed E-state index contributed by atoms with van der Waals surface area (Å²) in [5.41, 5.74) is 6.37. The van der Waals surface area contributed by atoms with Gasteiger partial charge in [-0.2, -0.15) is 0 Å². The molecule has 22 heavy (non-hydrogen) atoms. The first-order chi connectivity index (χ1) is 10.7. The van der Waals surface area contributed by atoms with E-state index >= 15 is 0 Å². The standard InChI is InChI=1S/C17H17F2NO2/c18-14-7-6-13(16(20)11-8-9-21-10-11)15(19)17(14)22-12-4-2-1-3-5-12/h1-7,11,16H,8-10,20H2. The van der Waals surface area contributed by atoms with Crippen molar-refractivity contribution in [1.82, 2.24) is 0 Å². The molecule has 0 aliphatic carbocycles. The van der Waals surface area contributed by atoms with Gasteiger partial charge in [0, 0.05) is 24.1 Å².